The van der Waals surface area contributed by atoms with E-state index in [0.29, 0.717) is 5.75 Å². The molecule has 1 rings (SSSR count). The summed E-state index contributed by atoms with van der Waals surface area (Å²) in [5.41, 5.74) is 1.67. The SMILES string of the molecule is CC=CC(=O)SCCOC(=O)C=Cc1ccc(CO)cc1. The van der Waals surface area contributed by atoms with Crippen LogP contribution in [0.15, 0.2) is 42.5 Å². The second kappa shape index (κ2) is 9.96. The van der Waals surface area contributed by atoms with Crippen LogP contribution in [0, 0.1) is 0 Å². The van der Waals surface area contributed by atoms with Crippen molar-refractivity contribution in [3.8, 4) is 0 Å². The van der Waals surface area contributed by atoms with Gasteiger partial charge in [0.15, 0.2) is 0 Å². The smallest absolute Gasteiger partial charge is 0.330 e. The van der Waals surface area contributed by atoms with E-state index in [1.807, 2.05) is 0 Å². The van der Waals surface area contributed by atoms with E-state index < -0.39 is 5.97 Å². The fourth-order valence-corrected chi connectivity index (χ4v) is 2.02. The van der Waals surface area contributed by atoms with Crippen LogP contribution in [-0.2, 0) is 20.9 Å². The molecule has 0 aromatic heterocycles. The Kier molecular flexibility index (Phi) is 8.16. The Morgan fingerprint density at radius 1 is 1.24 bits per heavy atom. The first-order chi connectivity index (χ1) is 10.2. The summed E-state index contributed by atoms with van der Waals surface area (Å²) in [5.74, 6) is -0.00571. The molecule has 0 atom stereocenters. The molecule has 1 aromatic rings. The molecule has 5 heteroatoms. The second-order valence-electron chi connectivity index (χ2n) is 4.07. The highest BCUT2D eigenvalue weighted by Gasteiger charge is 2.00. The molecule has 0 unspecified atom stereocenters. The Morgan fingerprint density at radius 2 is 1.95 bits per heavy atom. The lowest BCUT2D eigenvalue weighted by molar-refractivity contribution is -0.137. The summed E-state index contributed by atoms with van der Waals surface area (Å²) in [6, 6.07) is 7.19. The predicted octanol–water partition coefficient (Wildman–Crippen LogP) is 2.57. The lowest BCUT2D eigenvalue weighted by atomic mass is 10.1. The van der Waals surface area contributed by atoms with Crippen molar-refractivity contribution in [2.24, 2.45) is 0 Å². The zero-order valence-corrected chi connectivity index (χ0v) is 12.6. The molecule has 1 aromatic carbocycles. The lowest BCUT2D eigenvalue weighted by Crippen LogP contribution is -2.05. The number of thioether (sulfide) groups is 1. The Bertz CT molecular complexity index is 518. The standard InChI is InChI=1S/C16H18O4S/c1-2-3-16(19)21-11-10-20-15(18)9-8-13-4-6-14(12-17)7-5-13/h2-9,17H,10-12H2,1H3. The number of aliphatic hydroxyl groups excluding tert-OH is 1. The van der Waals surface area contributed by atoms with Gasteiger partial charge in [0.25, 0.3) is 0 Å². The maximum absolute atomic E-state index is 11.5. The average Bonchev–Trinajstić information content (AvgIpc) is 2.50. The molecule has 0 fully saturated rings. The lowest BCUT2D eigenvalue weighted by Gasteiger charge is -2.00. The molecule has 0 saturated heterocycles. The van der Waals surface area contributed by atoms with Crippen molar-refractivity contribution in [3.05, 3.63) is 53.6 Å². The fourth-order valence-electron chi connectivity index (χ4n) is 1.42. The van der Waals surface area contributed by atoms with Gasteiger partial charge in [0.2, 0.25) is 5.12 Å². The molecular weight excluding hydrogens is 288 g/mol. The minimum atomic E-state index is -0.444. The van der Waals surface area contributed by atoms with Gasteiger partial charge in [-0.05, 0) is 30.2 Å². The molecule has 0 bridgehead atoms. The van der Waals surface area contributed by atoms with E-state index in [9.17, 15) is 9.59 Å². The third-order valence-electron chi connectivity index (χ3n) is 2.45. The van der Waals surface area contributed by atoms with E-state index in [-0.39, 0.29) is 18.3 Å². The van der Waals surface area contributed by atoms with Gasteiger partial charge in [-0.15, -0.1) is 0 Å². The van der Waals surface area contributed by atoms with Crippen LogP contribution in [0.3, 0.4) is 0 Å². The quantitative estimate of drug-likeness (QED) is 0.476. The van der Waals surface area contributed by atoms with Crippen molar-refractivity contribution >= 4 is 28.9 Å². The molecule has 0 spiro atoms. The zero-order valence-electron chi connectivity index (χ0n) is 11.8. The first kappa shape index (κ1) is 17.2. The predicted molar refractivity (Wildman–Crippen MR) is 84.6 cm³/mol. The van der Waals surface area contributed by atoms with Crippen LogP contribution in [0.4, 0.5) is 0 Å². The van der Waals surface area contributed by atoms with Crippen LogP contribution < -0.4 is 0 Å². The minimum Gasteiger partial charge on any atom is -0.462 e. The number of carbonyl (C=O) groups is 2. The molecule has 4 nitrogen and oxygen atoms in total. The largest absolute Gasteiger partial charge is 0.462 e. The summed E-state index contributed by atoms with van der Waals surface area (Å²) in [7, 11) is 0. The highest BCUT2D eigenvalue weighted by molar-refractivity contribution is 8.14. The number of carbonyl (C=O) groups excluding carboxylic acids is 2. The number of esters is 1. The van der Waals surface area contributed by atoms with Crippen LogP contribution >= 0.6 is 11.8 Å². The molecule has 0 heterocycles. The number of benzene rings is 1. The van der Waals surface area contributed by atoms with E-state index in [4.69, 9.17) is 9.84 Å². The monoisotopic (exact) mass is 306 g/mol. The van der Waals surface area contributed by atoms with E-state index in [1.165, 1.54) is 12.2 Å². The van der Waals surface area contributed by atoms with Gasteiger partial charge in [0.05, 0.1) is 6.61 Å². The van der Waals surface area contributed by atoms with Crippen molar-refractivity contribution in [2.45, 2.75) is 13.5 Å². The number of allylic oxidation sites excluding steroid dienone is 1. The third-order valence-corrected chi connectivity index (χ3v) is 3.24. The zero-order chi connectivity index (χ0) is 15.5. The molecule has 1 N–H and O–H groups in total. The summed E-state index contributed by atoms with van der Waals surface area (Å²) in [4.78, 5) is 22.6. The van der Waals surface area contributed by atoms with E-state index >= 15 is 0 Å². The summed E-state index contributed by atoms with van der Waals surface area (Å²) in [6.07, 6.45) is 6.13. The van der Waals surface area contributed by atoms with E-state index in [1.54, 1.807) is 43.3 Å². The first-order valence-electron chi connectivity index (χ1n) is 6.50. The van der Waals surface area contributed by atoms with Gasteiger partial charge < -0.3 is 9.84 Å². The fraction of sp³-hybridized carbons (Fsp3) is 0.250. The number of rotatable bonds is 7. The van der Waals surface area contributed by atoms with Crippen LogP contribution in [0.1, 0.15) is 18.1 Å². The molecule has 0 saturated carbocycles. The number of ether oxygens (including phenoxy) is 1. The maximum Gasteiger partial charge on any atom is 0.330 e. The van der Waals surface area contributed by atoms with Crippen LogP contribution in [-0.4, -0.2) is 28.6 Å². The van der Waals surface area contributed by atoms with Gasteiger partial charge in [-0.1, -0.05) is 42.1 Å². The molecular formula is C16H18O4S. The van der Waals surface area contributed by atoms with Gasteiger partial charge in [-0.3, -0.25) is 4.79 Å². The molecule has 0 aliphatic rings. The van der Waals surface area contributed by atoms with Crippen molar-refractivity contribution in [2.75, 3.05) is 12.4 Å². The Balaban J connectivity index is 2.29. The molecule has 0 aliphatic heterocycles. The summed E-state index contributed by atoms with van der Waals surface area (Å²) in [5, 5.41) is 8.87. The molecule has 112 valence electrons. The topological polar surface area (TPSA) is 63.6 Å². The number of hydrogen-bond donors (Lipinski definition) is 1. The number of hydrogen-bond acceptors (Lipinski definition) is 5. The van der Waals surface area contributed by atoms with Gasteiger partial charge in [0, 0.05) is 11.8 Å². The molecule has 21 heavy (non-hydrogen) atoms. The highest BCUT2D eigenvalue weighted by Crippen LogP contribution is 2.07. The van der Waals surface area contributed by atoms with Gasteiger partial charge in [0.1, 0.15) is 6.61 Å². The normalized spacial score (nSPS) is 11.1. The van der Waals surface area contributed by atoms with Crippen molar-refractivity contribution in [1.29, 1.82) is 0 Å². The summed E-state index contributed by atoms with van der Waals surface area (Å²) >= 11 is 1.11. The summed E-state index contributed by atoms with van der Waals surface area (Å²) in [6.45, 7) is 1.96. The van der Waals surface area contributed by atoms with Crippen LogP contribution in [0.5, 0.6) is 0 Å². The Labute approximate surface area is 128 Å². The van der Waals surface area contributed by atoms with Crippen molar-refractivity contribution in [3.63, 3.8) is 0 Å². The van der Waals surface area contributed by atoms with Gasteiger partial charge >= 0.3 is 5.97 Å². The highest BCUT2D eigenvalue weighted by atomic mass is 32.2. The minimum absolute atomic E-state index is 0.00432. The number of aliphatic hydroxyl groups is 1. The molecule has 0 radical (unpaired) electrons. The van der Waals surface area contributed by atoms with E-state index in [0.717, 1.165) is 22.9 Å². The third kappa shape index (κ3) is 7.48. The average molecular weight is 306 g/mol. The maximum atomic E-state index is 11.5. The summed E-state index contributed by atoms with van der Waals surface area (Å²) < 4.78 is 4.97. The molecule has 0 amide bonds. The van der Waals surface area contributed by atoms with Crippen LogP contribution in [0.2, 0.25) is 0 Å². The second-order valence-corrected chi connectivity index (χ2v) is 5.17. The Morgan fingerprint density at radius 3 is 2.57 bits per heavy atom. The first-order valence-corrected chi connectivity index (χ1v) is 7.48. The Hall–Kier alpha value is -1.85. The molecule has 0 aliphatic carbocycles. The van der Waals surface area contributed by atoms with Gasteiger partial charge in [-0.25, -0.2) is 4.79 Å². The van der Waals surface area contributed by atoms with Crippen molar-refractivity contribution in [1.82, 2.24) is 0 Å². The van der Waals surface area contributed by atoms with E-state index in [2.05, 4.69) is 0 Å². The van der Waals surface area contributed by atoms with Crippen LogP contribution in [0.25, 0.3) is 6.08 Å². The van der Waals surface area contributed by atoms with Gasteiger partial charge in [-0.2, -0.15) is 0 Å². The van der Waals surface area contributed by atoms with Crippen molar-refractivity contribution < 1.29 is 19.4 Å².